The van der Waals surface area contributed by atoms with E-state index in [4.69, 9.17) is 5.11 Å². The number of carbonyl (C=O) groups is 3. The number of rotatable bonds is 2. The van der Waals surface area contributed by atoms with Gasteiger partial charge in [0.05, 0.1) is 6.54 Å². The van der Waals surface area contributed by atoms with Gasteiger partial charge in [-0.3, -0.25) is 14.5 Å². The molecule has 1 unspecified atom stereocenters. The standard InChI is InChI=1S/C13H22N4O4/c1-10-12(20)14-3-6-17(10)13(21)16-5-2-4-15(7-8-16)9-11(18)19/h10H,2-9H2,1H3,(H,14,20)(H,18,19). The first-order valence-electron chi connectivity index (χ1n) is 7.26. The van der Waals surface area contributed by atoms with E-state index in [0.717, 1.165) is 6.42 Å². The molecule has 0 aromatic heterocycles. The van der Waals surface area contributed by atoms with E-state index in [1.54, 1.807) is 16.7 Å². The first-order valence-corrected chi connectivity index (χ1v) is 7.26. The highest BCUT2D eigenvalue weighted by Gasteiger charge is 2.32. The van der Waals surface area contributed by atoms with Crippen LogP contribution in [0.1, 0.15) is 13.3 Å². The first kappa shape index (κ1) is 15.6. The molecule has 2 heterocycles. The van der Waals surface area contributed by atoms with Gasteiger partial charge >= 0.3 is 12.0 Å². The van der Waals surface area contributed by atoms with Crippen molar-refractivity contribution >= 4 is 17.9 Å². The normalized spacial score (nSPS) is 24.4. The Balaban J connectivity index is 1.93. The topological polar surface area (TPSA) is 93.2 Å². The van der Waals surface area contributed by atoms with Gasteiger partial charge in [0, 0.05) is 39.3 Å². The molecule has 0 saturated carbocycles. The predicted molar refractivity (Wildman–Crippen MR) is 74.8 cm³/mol. The summed E-state index contributed by atoms with van der Waals surface area (Å²) in [6, 6.07) is -0.584. The van der Waals surface area contributed by atoms with E-state index in [-0.39, 0.29) is 18.5 Å². The van der Waals surface area contributed by atoms with Crippen LogP contribution in [0.2, 0.25) is 0 Å². The van der Waals surface area contributed by atoms with Gasteiger partial charge in [-0.05, 0) is 13.3 Å². The van der Waals surface area contributed by atoms with Crippen molar-refractivity contribution in [3.05, 3.63) is 0 Å². The van der Waals surface area contributed by atoms with Crippen molar-refractivity contribution in [3.63, 3.8) is 0 Å². The summed E-state index contributed by atoms with van der Waals surface area (Å²) in [7, 11) is 0. The lowest BCUT2D eigenvalue weighted by molar-refractivity contribution is -0.138. The van der Waals surface area contributed by atoms with E-state index in [9.17, 15) is 14.4 Å². The zero-order valence-electron chi connectivity index (χ0n) is 12.2. The van der Waals surface area contributed by atoms with Crippen LogP contribution >= 0.6 is 0 Å². The second-order valence-electron chi connectivity index (χ2n) is 5.45. The lowest BCUT2D eigenvalue weighted by atomic mass is 10.2. The highest BCUT2D eigenvalue weighted by Crippen LogP contribution is 2.11. The van der Waals surface area contributed by atoms with E-state index in [2.05, 4.69) is 5.32 Å². The molecule has 8 nitrogen and oxygen atoms in total. The van der Waals surface area contributed by atoms with E-state index >= 15 is 0 Å². The van der Waals surface area contributed by atoms with Gasteiger partial charge in [-0.2, -0.15) is 0 Å². The Morgan fingerprint density at radius 2 is 2.00 bits per heavy atom. The first-order chi connectivity index (χ1) is 9.99. The molecule has 118 valence electrons. The van der Waals surface area contributed by atoms with Crippen LogP contribution in [-0.2, 0) is 9.59 Å². The summed E-state index contributed by atoms with van der Waals surface area (Å²) in [5.41, 5.74) is 0. The fourth-order valence-corrected chi connectivity index (χ4v) is 2.74. The van der Waals surface area contributed by atoms with E-state index < -0.39 is 12.0 Å². The maximum absolute atomic E-state index is 12.5. The molecule has 0 aromatic carbocycles. The van der Waals surface area contributed by atoms with E-state index in [1.165, 1.54) is 0 Å². The van der Waals surface area contributed by atoms with Gasteiger partial charge in [0.25, 0.3) is 0 Å². The highest BCUT2D eigenvalue weighted by molar-refractivity contribution is 5.87. The molecule has 8 heteroatoms. The summed E-state index contributed by atoms with van der Waals surface area (Å²) in [4.78, 5) is 40.1. The smallest absolute Gasteiger partial charge is 0.320 e. The number of hydrogen-bond acceptors (Lipinski definition) is 4. The van der Waals surface area contributed by atoms with Gasteiger partial charge in [0.2, 0.25) is 5.91 Å². The number of carbonyl (C=O) groups excluding carboxylic acids is 2. The molecule has 0 aliphatic carbocycles. The Bertz CT molecular complexity index is 428. The lowest BCUT2D eigenvalue weighted by Gasteiger charge is -2.36. The number of aliphatic carboxylic acids is 1. The molecule has 1 atom stereocenters. The minimum atomic E-state index is -0.851. The molecule has 2 aliphatic rings. The Labute approximate surface area is 123 Å². The molecule has 2 fully saturated rings. The zero-order chi connectivity index (χ0) is 15.4. The second kappa shape index (κ2) is 6.75. The van der Waals surface area contributed by atoms with Gasteiger partial charge in [-0.25, -0.2) is 4.79 Å². The van der Waals surface area contributed by atoms with Crippen molar-refractivity contribution in [2.75, 3.05) is 45.8 Å². The molecule has 0 bridgehead atoms. The van der Waals surface area contributed by atoms with E-state index in [1.807, 2.05) is 4.90 Å². The van der Waals surface area contributed by atoms with Gasteiger partial charge < -0.3 is 20.2 Å². The lowest BCUT2D eigenvalue weighted by Crippen LogP contribution is -2.59. The summed E-state index contributed by atoms with van der Waals surface area (Å²) in [5, 5.41) is 11.6. The third kappa shape index (κ3) is 3.84. The van der Waals surface area contributed by atoms with Crippen LogP contribution < -0.4 is 5.32 Å². The van der Waals surface area contributed by atoms with Gasteiger partial charge in [0.1, 0.15) is 6.04 Å². The van der Waals surface area contributed by atoms with Gasteiger partial charge in [-0.15, -0.1) is 0 Å². The molecule has 0 radical (unpaired) electrons. The van der Waals surface area contributed by atoms with Gasteiger partial charge in [-0.1, -0.05) is 0 Å². The van der Waals surface area contributed by atoms with Crippen LogP contribution in [0, 0.1) is 0 Å². The van der Waals surface area contributed by atoms with Crippen molar-refractivity contribution in [1.29, 1.82) is 0 Å². The van der Waals surface area contributed by atoms with Crippen molar-refractivity contribution in [2.45, 2.75) is 19.4 Å². The number of carboxylic acid groups (broad SMARTS) is 1. The second-order valence-corrected chi connectivity index (χ2v) is 5.45. The third-order valence-electron chi connectivity index (χ3n) is 3.96. The van der Waals surface area contributed by atoms with E-state index in [0.29, 0.717) is 39.3 Å². The highest BCUT2D eigenvalue weighted by atomic mass is 16.4. The maximum Gasteiger partial charge on any atom is 0.320 e. The Morgan fingerprint density at radius 1 is 1.24 bits per heavy atom. The summed E-state index contributed by atoms with van der Waals surface area (Å²) < 4.78 is 0. The van der Waals surface area contributed by atoms with Crippen LogP contribution in [0.3, 0.4) is 0 Å². The van der Waals surface area contributed by atoms with Crippen molar-refractivity contribution in [1.82, 2.24) is 20.0 Å². The molecular formula is C13H22N4O4. The SMILES string of the molecule is CC1C(=O)NCCN1C(=O)N1CCCN(CC(=O)O)CC1. The summed E-state index contributed by atoms with van der Waals surface area (Å²) in [5.74, 6) is -0.979. The average molecular weight is 298 g/mol. The minimum Gasteiger partial charge on any atom is -0.480 e. The van der Waals surface area contributed by atoms with Crippen LogP contribution in [0.4, 0.5) is 4.79 Å². The number of nitrogens with one attached hydrogen (secondary N) is 1. The summed E-state index contributed by atoms with van der Waals surface area (Å²) in [6.07, 6.45) is 0.743. The maximum atomic E-state index is 12.5. The molecule has 2 N–H and O–H groups in total. The Hall–Kier alpha value is -1.83. The Kier molecular flexibility index (Phi) is 5.00. The third-order valence-corrected chi connectivity index (χ3v) is 3.96. The van der Waals surface area contributed by atoms with Crippen LogP contribution in [-0.4, -0.2) is 89.6 Å². The fourth-order valence-electron chi connectivity index (χ4n) is 2.74. The molecule has 0 spiro atoms. The molecular weight excluding hydrogens is 276 g/mol. The number of hydrogen-bond donors (Lipinski definition) is 2. The summed E-state index contributed by atoms with van der Waals surface area (Å²) >= 11 is 0. The largest absolute Gasteiger partial charge is 0.480 e. The minimum absolute atomic E-state index is 0.00452. The summed E-state index contributed by atoms with van der Waals surface area (Å²) in [6.45, 7) is 5.04. The number of urea groups is 1. The zero-order valence-corrected chi connectivity index (χ0v) is 12.2. The van der Waals surface area contributed by atoms with Crippen LogP contribution in [0.5, 0.6) is 0 Å². The fraction of sp³-hybridized carbons (Fsp3) is 0.769. The van der Waals surface area contributed by atoms with Gasteiger partial charge in [0.15, 0.2) is 0 Å². The van der Waals surface area contributed by atoms with Crippen molar-refractivity contribution < 1.29 is 19.5 Å². The van der Waals surface area contributed by atoms with Crippen molar-refractivity contribution in [3.8, 4) is 0 Å². The van der Waals surface area contributed by atoms with Crippen LogP contribution in [0.25, 0.3) is 0 Å². The molecule has 0 aromatic rings. The quantitative estimate of drug-likeness (QED) is 0.683. The molecule has 2 saturated heterocycles. The monoisotopic (exact) mass is 298 g/mol. The average Bonchev–Trinajstić information content (AvgIpc) is 2.66. The number of nitrogens with zero attached hydrogens (tertiary/aromatic N) is 3. The molecule has 2 rings (SSSR count). The number of carboxylic acids is 1. The Morgan fingerprint density at radius 3 is 2.71 bits per heavy atom. The van der Waals surface area contributed by atoms with Crippen LogP contribution in [0.15, 0.2) is 0 Å². The van der Waals surface area contributed by atoms with Crippen molar-refractivity contribution in [2.24, 2.45) is 0 Å². The predicted octanol–water partition coefficient (Wildman–Crippen LogP) is -0.981. The molecule has 3 amide bonds. The molecule has 2 aliphatic heterocycles. The number of amides is 3. The number of piperazine rings is 1. The molecule has 21 heavy (non-hydrogen) atoms.